The predicted molar refractivity (Wildman–Crippen MR) is 100 cm³/mol. The zero-order chi connectivity index (χ0) is 18.1. The Hall–Kier alpha value is -1.22. The molecule has 2 amide bonds. The van der Waals surface area contributed by atoms with Crippen LogP contribution in [0.15, 0.2) is 29.2 Å². The number of hydrazine groups is 1. The fourth-order valence-corrected chi connectivity index (χ4v) is 3.16. The van der Waals surface area contributed by atoms with Crippen molar-refractivity contribution >= 4 is 35.3 Å². The highest BCUT2D eigenvalue weighted by Crippen LogP contribution is 2.15. The molecule has 0 aromatic heterocycles. The van der Waals surface area contributed by atoms with Crippen LogP contribution in [0.25, 0.3) is 0 Å². The molecule has 0 saturated carbocycles. The van der Waals surface area contributed by atoms with Crippen LogP contribution in [0.3, 0.4) is 0 Å². The standard InChI is InChI=1S/C16H25N3O3S2/c1-10(2)24-8-7-13(17)14(20)16(22)19-18-15(21)11-5-4-6-12(9-11)23-3/h4-6,9-10,13-14,20H,7-8,17H2,1-3H3,(H,18,21)(H,19,22)/t13-,14?/m1/s1. The summed E-state index contributed by atoms with van der Waals surface area (Å²) in [6.07, 6.45) is 1.06. The summed E-state index contributed by atoms with van der Waals surface area (Å²) in [6, 6.07) is 6.34. The zero-order valence-electron chi connectivity index (χ0n) is 14.1. The molecule has 1 rings (SSSR count). The van der Waals surface area contributed by atoms with E-state index in [1.54, 1.807) is 30.0 Å². The lowest BCUT2D eigenvalue weighted by molar-refractivity contribution is -0.131. The van der Waals surface area contributed by atoms with Crippen molar-refractivity contribution in [3.63, 3.8) is 0 Å². The number of hydrogen-bond donors (Lipinski definition) is 4. The van der Waals surface area contributed by atoms with E-state index in [2.05, 4.69) is 24.7 Å². The Morgan fingerprint density at radius 2 is 2.00 bits per heavy atom. The second kappa shape index (κ2) is 10.6. The minimum atomic E-state index is -1.37. The number of hydrogen-bond acceptors (Lipinski definition) is 6. The molecule has 134 valence electrons. The molecule has 6 nitrogen and oxygen atoms in total. The van der Waals surface area contributed by atoms with Gasteiger partial charge in [-0.15, -0.1) is 11.8 Å². The Labute approximate surface area is 151 Å². The average molecular weight is 372 g/mol. The van der Waals surface area contributed by atoms with Crippen LogP contribution in [0, 0.1) is 0 Å². The van der Waals surface area contributed by atoms with E-state index in [1.807, 2.05) is 12.3 Å². The first-order valence-electron chi connectivity index (χ1n) is 7.64. The normalized spacial score (nSPS) is 13.4. The Morgan fingerprint density at radius 1 is 1.29 bits per heavy atom. The molecule has 0 heterocycles. The van der Waals surface area contributed by atoms with Crippen molar-refractivity contribution in [2.45, 2.75) is 42.6 Å². The van der Waals surface area contributed by atoms with Crippen LogP contribution in [0.4, 0.5) is 0 Å². The van der Waals surface area contributed by atoms with Gasteiger partial charge in [-0.05, 0) is 41.9 Å². The molecule has 0 bridgehead atoms. The summed E-state index contributed by atoms with van der Waals surface area (Å²) in [6.45, 7) is 4.14. The molecule has 0 radical (unpaired) electrons. The van der Waals surface area contributed by atoms with Gasteiger partial charge in [0.1, 0.15) is 6.10 Å². The van der Waals surface area contributed by atoms with Crippen LogP contribution in [0.1, 0.15) is 30.6 Å². The van der Waals surface area contributed by atoms with Crippen molar-refractivity contribution in [2.75, 3.05) is 12.0 Å². The lowest BCUT2D eigenvalue weighted by Gasteiger charge is -2.19. The molecule has 0 aliphatic heterocycles. The van der Waals surface area contributed by atoms with E-state index in [4.69, 9.17) is 5.73 Å². The SMILES string of the molecule is CSc1cccc(C(=O)NNC(=O)C(O)[C@H](N)CCSC(C)C)c1. The van der Waals surface area contributed by atoms with E-state index in [9.17, 15) is 14.7 Å². The number of carbonyl (C=O) groups is 2. The molecule has 8 heteroatoms. The second-order valence-electron chi connectivity index (χ2n) is 5.49. The third kappa shape index (κ3) is 7.12. The molecule has 5 N–H and O–H groups in total. The zero-order valence-corrected chi connectivity index (χ0v) is 15.7. The van der Waals surface area contributed by atoms with Crippen LogP contribution in [0.5, 0.6) is 0 Å². The molecule has 0 fully saturated rings. The van der Waals surface area contributed by atoms with E-state index in [0.29, 0.717) is 17.2 Å². The van der Waals surface area contributed by atoms with Gasteiger partial charge < -0.3 is 10.8 Å². The highest BCUT2D eigenvalue weighted by molar-refractivity contribution is 7.99. The molecule has 0 aliphatic rings. The molecule has 24 heavy (non-hydrogen) atoms. The lowest BCUT2D eigenvalue weighted by Crippen LogP contribution is -2.52. The van der Waals surface area contributed by atoms with Gasteiger partial charge in [-0.25, -0.2) is 0 Å². The minimum Gasteiger partial charge on any atom is -0.382 e. The summed E-state index contributed by atoms with van der Waals surface area (Å²) in [7, 11) is 0. The summed E-state index contributed by atoms with van der Waals surface area (Å²) < 4.78 is 0. The first-order valence-corrected chi connectivity index (χ1v) is 9.92. The number of nitrogens with one attached hydrogen (secondary N) is 2. The van der Waals surface area contributed by atoms with Gasteiger partial charge in [-0.3, -0.25) is 20.4 Å². The predicted octanol–water partition coefficient (Wildman–Crippen LogP) is 1.39. The third-order valence-corrected chi connectivity index (χ3v) is 5.07. The molecular weight excluding hydrogens is 346 g/mol. The smallest absolute Gasteiger partial charge is 0.269 e. The summed E-state index contributed by atoms with van der Waals surface area (Å²) in [4.78, 5) is 24.8. The number of amides is 2. The van der Waals surface area contributed by atoms with Crippen LogP contribution >= 0.6 is 23.5 Å². The number of benzene rings is 1. The van der Waals surface area contributed by atoms with Gasteiger partial charge in [0, 0.05) is 16.5 Å². The molecule has 1 aromatic carbocycles. The van der Waals surface area contributed by atoms with E-state index in [-0.39, 0.29) is 0 Å². The topological polar surface area (TPSA) is 104 Å². The first-order chi connectivity index (χ1) is 11.3. The number of nitrogens with two attached hydrogens (primary N) is 1. The Kier molecular flexibility index (Phi) is 9.20. The number of rotatable bonds is 8. The lowest BCUT2D eigenvalue weighted by atomic mass is 10.1. The molecular formula is C16H25N3O3S2. The van der Waals surface area contributed by atoms with Gasteiger partial charge in [-0.2, -0.15) is 11.8 Å². The fourth-order valence-electron chi connectivity index (χ4n) is 1.82. The Balaban J connectivity index is 2.44. The third-order valence-electron chi connectivity index (χ3n) is 3.21. The van der Waals surface area contributed by atoms with Crippen LogP contribution in [0.2, 0.25) is 0 Å². The van der Waals surface area contributed by atoms with Gasteiger partial charge in [0.2, 0.25) is 0 Å². The maximum Gasteiger partial charge on any atom is 0.269 e. The Morgan fingerprint density at radius 3 is 2.62 bits per heavy atom. The largest absolute Gasteiger partial charge is 0.382 e. The number of carbonyl (C=O) groups excluding carboxylic acids is 2. The number of thioether (sulfide) groups is 2. The molecule has 2 atom stereocenters. The fraction of sp³-hybridized carbons (Fsp3) is 0.500. The highest BCUT2D eigenvalue weighted by atomic mass is 32.2. The van der Waals surface area contributed by atoms with Crippen molar-refractivity contribution in [1.82, 2.24) is 10.9 Å². The number of aliphatic hydroxyl groups is 1. The summed E-state index contributed by atoms with van der Waals surface area (Å²) >= 11 is 3.23. The minimum absolute atomic E-state index is 0.425. The first kappa shape index (κ1) is 20.8. The second-order valence-corrected chi connectivity index (χ2v) is 8.06. The van der Waals surface area contributed by atoms with Gasteiger partial charge in [-0.1, -0.05) is 19.9 Å². The molecule has 1 unspecified atom stereocenters. The van der Waals surface area contributed by atoms with Crippen LogP contribution in [-0.4, -0.2) is 46.3 Å². The summed E-state index contributed by atoms with van der Waals surface area (Å²) in [5.41, 5.74) is 10.8. The van der Waals surface area contributed by atoms with Gasteiger partial charge >= 0.3 is 0 Å². The van der Waals surface area contributed by atoms with Gasteiger partial charge in [0.05, 0.1) is 0 Å². The van der Waals surface area contributed by atoms with Crippen molar-refractivity contribution in [2.24, 2.45) is 5.73 Å². The van der Waals surface area contributed by atoms with Crippen LogP contribution < -0.4 is 16.6 Å². The highest BCUT2D eigenvalue weighted by Gasteiger charge is 2.23. The maximum absolute atomic E-state index is 12.0. The molecule has 0 spiro atoms. The van der Waals surface area contributed by atoms with Crippen molar-refractivity contribution in [1.29, 1.82) is 0 Å². The monoisotopic (exact) mass is 371 g/mol. The quantitative estimate of drug-likeness (QED) is 0.407. The molecule has 0 saturated heterocycles. The van der Waals surface area contributed by atoms with Crippen LogP contribution in [-0.2, 0) is 4.79 Å². The molecule has 1 aromatic rings. The Bertz CT molecular complexity index is 555. The summed E-state index contributed by atoms with van der Waals surface area (Å²) in [5, 5.41) is 10.4. The summed E-state index contributed by atoms with van der Waals surface area (Å²) in [5.74, 6) is -0.404. The van der Waals surface area contributed by atoms with Crippen molar-refractivity contribution < 1.29 is 14.7 Å². The van der Waals surface area contributed by atoms with Gasteiger partial charge in [0.25, 0.3) is 11.8 Å². The van der Waals surface area contributed by atoms with E-state index < -0.39 is 24.0 Å². The van der Waals surface area contributed by atoms with Gasteiger partial charge in [0.15, 0.2) is 0 Å². The molecule has 0 aliphatic carbocycles. The van der Waals surface area contributed by atoms with Crippen molar-refractivity contribution in [3.8, 4) is 0 Å². The maximum atomic E-state index is 12.0. The van der Waals surface area contributed by atoms with E-state index in [1.165, 1.54) is 11.8 Å². The average Bonchev–Trinajstić information content (AvgIpc) is 2.58. The van der Waals surface area contributed by atoms with Crippen molar-refractivity contribution in [3.05, 3.63) is 29.8 Å². The van der Waals surface area contributed by atoms with E-state index in [0.717, 1.165) is 10.6 Å². The van der Waals surface area contributed by atoms with E-state index >= 15 is 0 Å². The number of aliphatic hydroxyl groups excluding tert-OH is 1.